The van der Waals surface area contributed by atoms with Gasteiger partial charge in [0.05, 0.1) is 6.10 Å². The summed E-state index contributed by atoms with van der Waals surface area (Å²) in [6.45, 7) is 3.00. The van der Waals surface area contributed by atoms with E-state index in [-0.39, 0.29) is 12.5 Å². The van der Waals surface area contributed by atoms with E-state index in [1.165, 1.54) is 5.56 Å². The zero-order valence-electron chi connectivity index (χ0n) is 13.4. The number of hydrogen-bond donors (Lipinski definition) is 4. The molecule has 0 radical (unpaired) electrons. The maximum absolute atomic E-state index is 12.2. The molecule has 1 saturated heterocycles. The fraction of sp³-hybridized carbons (Fsp3) is 0.588. The highest BCUT2D eigenvalue weighted by molar-refractivity contribution is 5.82. The second-order valence-electron chi connectivity index (χ2n) is 5.97. The summed E-state index contributed by atoms with van der Waals surface area (Å²) in [6.07, 6.45) is -1.98. The van der Waals surface area contributed by atoms with E-state index in [1.807, 2.05) is 30.3 Å². The maximum Gasteiger partial charge on any atom is 0.240 e. The molecule has 128 valence electrons. The number of benzene rings is 1. The minimum atomic E-state index is -1.30. The summed E-state index contributed by atoms with van der Waals surface area (Å²) in [5, 5.41) is 32.6. The number of nitrogens with one attached hydrogen (secondary N) is 1. The van der Waals surface area contributed by atoms with E-state index < -0.39 is 24.4 Å². The number of nitrogens with zero attached hydrogens (tertiary/aromatic N) is 1. The van der Waals surface area contributed by atoms with Crippen LogP contribution < -0.4 is 5.32 Å². The van der Waals surface area contributed by atoms with Crippen molar-refractivity contribution in [2.24, 2.45) is 0 Å². The first-order chi connectivity index (χ1) is 11.0. The lowest BCUT2D eigenvalue weighted by molar-refractivity contribution is -0.157. The number of likely N-dealkylation sites (N-methyl/N-ethyl adjacent to an activating group) is 1. The fourth-order valence-corrected chi connectivity index (χ4v) is 3.05. The van der Waals surface area contributed by atoms with Crippen molar-refractivity contribution in [2.45, 2.75) is 44.1 Å². The molecule has 2 rings (SSSR count). The van der Waals surface area contributed by atoms with Gasteiger partial charge in [-0.05, 0) is 31.9 Å². The lowest BCUT2D eigenvalue weighted by Gasteiger charge is -2.42. The molecule has 4 N–H and O–H groups in total. The number of aliphatic hydroxyl groups is 3. The molecule has 1 aromatic carbocycles. The highest BCUT2D eigenvalue weighted by Crippen LogP contribution is 2.20. The van der Waals surface area contributed by atoms with Gasteiger partial charge in [-0.1, -0.05) is 30.3 Å². The number of piperidine rings is 1. The van der Waals surface area contributed by atoms with E-state index in [9.17, 15) is 20.1 Å². The second kappa shape index (κ2) is 8.40. The number of likely N-dealkylation sites (tertiary alicyclic amines) is 1. The van der Waals surface area contributed by atoms with Gasteiger partial charge in [-0.3, -0.25) is 9.69 Å². The molecule has 1 aliphatic heterocycles. The topological polar surface area (TPSA) is 93.0 Å². The Balaban J connectivity index is 1.99. The van der Waals surface area contributed by atoms with Crippen LogP contribution in [0.25, 0.3) is 0 Å². The van der Waals surface area contributed by atoms with Crippen LogP contribution in [0.15, 0.2) is 30.3 Å². The smallest absolute Gasteiger partial charge is 0.240 e. The van der Waals surface area contributed by atoms with Crippen molar-refractivity contribution in [3.63, 3.8) is 0 Å². The monoisotopic (exact) mass is 322 g/mol. The number of hydrogen-bond acceptors (Lipinski definition) is 5. The Labute approximate surface area is 136 Å². The third-order valence-corrected chi connectivity index (χ3v) is 4.26. The van der Waals surface area contributed by atoms with Crippen LogP contribution in [0.3, 0.4) is 0 Å². The molecule has 1 fully saturated rings. The Kier molecular flexibility index (Phi) is 6.53. The number of carbonyl (C=O) groups excluding carboxylic acids is 1. The van der Waals surface area contributed by atoms with Gasteiger partial charge in [-0.15, -0.1) is 0 Å². The standard InChI is InChI=1S/C17H26N2O4/c1-2-18-17(23)14-16(22)15(21)13(20)11-19(14)10-6-9-12-7-4-3-5-8-12/h3-5,7-8,13-16,20-22H,2,6,9-11H2,1H3,(H,18,23)/t13-,14?,15+,16-/m1/s1. The Bertz CT molecular complexity index is 497. The molecule has 0 aromatic heterocycles. The predicted octanol–water partition coefficient (Wildman–Crippen LogP) is -0.478. The summed E-state index contributed by atoms with van der Waals surface area (Å²) < 4.78 is 0. The minimum absolute atomic E-state index is 0.175. The minimum Gasteiger partial charge on any atom is -0.389 e. The molecule has 1 heterocycles. The first-order valence-electron chi connectivity index (χ1n) is 8.14. The van der Waals surface area contributed by atoms with E-state index >= 15 is 0 Å². The lowest BCUT2D eigenvalue weighted by Crippen LogP contribution is -2.65. The average molecular weight is 322 g/mol. The van der Waals surface area contributed by atoms with Crippen LogP contribution in [-0.2, 0) is 11.2 Å². The van der Waals surface area contributed by atoms with Crippen LogP contribution in [0.4, 0.5) is 0 Å². The van der Waals surface area contributed by atoms with Gasteiger partial charge in [0.1, 0.15) is 18.2 Å². The molecule has 6 nitrogen and oxygen atoms in total. The van der Waals surface area contributed by atoms with Crippen molar-refractivity contribution >= 4 is 5.91 Å². The molecule has 0 saturated carbocycles. The Morgan fingerprint density at radius 2 is 1.91 bits per heavy atom. The average Bonchev–Trinajstić information content (AvgIpc) is 2.54. The highest BCUT2D eigenvalue weighted by Gasteiger charge is 2.44. The van der Waals surface area contributed by atoms with Crippen LogP contribution in [0.2, 0.25) is 0 Å². The van der Waals surface area contributed by atoms with E-state index in [2.05, 4.69) is 5.32 Å². The van der Waals surface area contributed by atoms with Gasteiger partial charge in [0.2, 0.25) is 5.91 Å². The van der Waals surface area contributed by atoms with Crippen molar-refractivity contribution in [1.82, 2.24) is 10.2 Å². The molecular formula is C17H26N2O4. The van der Waals surface area contributed by atoms with Crippen molar-refractivity contribution in [2.75, 3.05) is 19.6 Å². The van der Waals surface area contributed by atoms with Gasteiger partial charge in [0.15, 0.2) is 0 Å². The van der Waals surface area contributed by atoms with Crippen molar-refractivity contribution in [3.8, 4) is 0 Å². The zero-order chi connectivity index (χ0) is 16.8. The SMILES string of the molecule is CCNC(=O)C1[C@@H](O)[C@@H](O)[C@H](O)CN1CCCc1ccccc1. The Morgan fingerprint density at radius 3 is 2.57 bits per heavy atom. The number of amides is 1. The van der Waals surface area contributed by atoms with Gasteiger partial charge < -0.3 is 20.6 Å². The summed E-state index contributed by atoms with van der Waals surface area (Å²) in [7, 11) is 0. The molecule has 0 spiro atoms. The molecule has 0 bridgehead atoms. The quantitative estimate of drug-likeness (QED) is 0.568. The van der Waals surface area contributed by atoms with Crippen LogP contribution in [0, 0.1) is 0 Å². The summed E-state index contributed by atoms with van der Waals surface area (Å²) in [4.78, 5) is 14.0. The molecule has 4 atom stereocenters. The van der Waals surface area contributed by atoms with Crippen molar-refractivity contribution in [1.29, 1.82) is 0 Å². The van der Waals surface area contributed by atoms with Gasteiger partial charge in [0.25, 0.3) is 0 Å². The molecule has 1 aromatic rings. The molecule has 1 amide bonds. The van der Waals surface area contributed by atoms with Crippen LogP contribution in [-0.4, -0.2) is 70.1 Å². The highest BCUT2D eigenvalue weighted by atomic mass is 16.4. The summed E-state index contributed by atoms with van der Waals surface area (Å²) in [5.74, 6) is -0.314. The first-order valence-corrected chi connectivity index (χ1v) is 8.14. The van der Waals surface area contributed by atoms with E-state index in [0.717, 1.165) is 12.8 Å². The third kappa shape index (κ3) is 4.51. The summed E-state index contributed by atoms with van der Waals surface area (Å²) in [5.41, 5.74) is 1.21. The molecule has 23 heavy (non-hydrogen) atoms. The molecule has 0 aliphatic carbocycles. The van der Waals surface area contributed by atoms with Crippen molar-refractivity contribution in [3.05, 3.63) is 35.9 Å². The summed E-state index contributed by atoms with van der Waals surface area (Å²) >= 11 is 0. The number of rotatable bonds is 6. The van der Waals surface area contributed by atoms with Gasteiger partial charge in [-0.2, -0.15) is 0 Å². The van der Waals surface area contributed by atoms with E-state index in [0.29, 0.717) is 13.1 Å². The second-order valence-corrected chi connectivity index (χ2v) is 5.97. The number of aliphatic hydroxyl groups excluding tert-OH is 3. The number of carbonyl (C=O) groups is 1. The lowest BCUT2D eigenvalue weighted by atomic mass is 9.92. The van der Waals surface area contributed by atoms with Gasteiger partial charge >= 0.3 is 0 Å². The molecular weight excluding hydrogens is 296 g/mol. The molecule has 1 aliphatic rings. The van der Waals surface area contributed by atoms with Crippen molar-refractivity contribution < 1.29 is 20.1 Å². The first kappa shape index (κ1) is 17.9. The van der Waals surface area contributed by atoms with Crippen LogP contribution >= 0.6 is 0 Å². The van der Waals surface area contributed by atoms with Gasteiger partial charge in [0, 0.05) is 13.1 Å². The van der Waals surface area contributed by atoms with E-state index in [1.54, 1.807) is 11.8 Å². The van der Waals surface area contributed by atoms with Crippen LogP contribution in [0.5, 0.6) is 0 Å². The van der Waals surface area contributed by atoms with E-state index in [4.69, 9.17) is 0 Å². The number of aryl methyl sites for hydroxylation is 1. The summed E-state index contributed by atoms with van der Waals surface area (Å²) in [6, 6.07) is 9.20. The third-order valence-electron chi connectivity index (χ3n) is 4.26. The number of β-amino-alcohol motifs (C(OH)–C–C–N with tert-alkyl or cyclic N) is 1. The normalized spacial score (nSPS) is 28.5. The molecule has 6 heteroatoms. The fourth-order valence-electron chi connectivity index (χ4n) is 3.05. The maximum atomic E-state index is 12.2. The Morgan fingerprint density at radius 1 is 1.22 bits per heavy atom. The van der Waals surface area contributed by atoms with Crippen LogP contribution in [0.1, 0.15) is 18.9 Å². The Hall–Kier alpha value is -1.47. The zero-order valence-corrected chi connectivity index (χ0v) is 13.4. The largest absolute Gasteiger partial charge is 0.389 e. The predicted molar refractivity (Wildman–Crippen MR) is 86.8 cm³/mol. The van der Waals surface area contributed by atoms with Gasteiger partial charge in [-0.25, -0.2) is 0 Å². The molecule has 1 unspecified atom stereocenters.